The molecule has 0 saturated heterocycles. The van der Waals surface area contributed by atoms with Gasteiger partial charge in [-0.3, -0.25) is 29.1 Å². The fraction of sp³-hybridized carbons (Fsp3) is 0.290. The fourth-order valence-corrected chi connectivity index (χ4v) is 14.4. The van der Waals surface area contributed by atoms with E-state index in [9.17, 15) is 19.2 Å². The summed E-state index contributed by atoms with van der Waals surface area (Å²) in [6.45, 7) is 0. The largest absolute Gasteiger partial charge is 0.358 e. The molecule has 516 valence electrons. The number of nitrogens with one attached hydrogen (secondary N) is 7. The molecule has 0 spiro atoms. The number of benzene rings is 4. The standard InChI is InChI=1S/C20H20IN7OS.C20H19N7OS.C15H15N5OS.C14H17N5O/c21-14-12-22-9-8-15(14)26-20(30)27-17-6-3-5-16(17)25-19(29)13-4-1-2-7-18(13)28-23-10-11-24-28;28-19(13-4-1-2-7-17(13)27-22-10-11-23-27)24-14-5-3-6-15(14)25-20-26-16-8-9-21-12-18(16)29-20;21-15(19-13-6-3-5-12(13)16-10-22)11-4-1-2-7-14(11)20-17-8-9-18-20;15-11-5-3-6-12(11)18-14(20)10-4-1-2-7-13(10)19-16-8-9-17-19/h1-2,4,7-12,16-17H,3,5-6H2,(H,25,29)(H2,22,26,27,30);1-2,4,7-12,14-15H,3,5-6H2,(H,24,28)(H,25,26);1-2,4,7-9,12-13H,3,5-6H2,(H,19,21);1-2,4,7-9,11-12H,3,5-6,15H2,(H,18,20)/t16-,17+;14-,15+;12-,13+;11-,12+/m1101/s1. The molecule has 0 radical (unpaired) electrons. The molecule has 0 aliphatic heterocycles. The number of anilines is 2. The summed E-state index contributed by atoms with van der Waals surface area (Å²) >= 11 is 14.0. The van der Waals surface area contributed by atoms with Crippen LogP contribution >= 0.6 is 58.4 Å². The van der Waals surface area contributed by atoms with Crippen LogP contribution in [0.25, 0.3) is 33.0 Å². The zero-order valence-electron chi connectivity index (χ0n) is 54.4. The van der Waals surface area contributed by atoms with Crippen molar-refractivity contribution in [1.29, 1.82) is 0 Å². The van der Waals surface area contributed by atoms with Crippen LogP contribution in [0.4, 0.5) is 10.8 Å². The summed E-state index contributed by atoms with van der Waals surface area (Å²) in [6, 6.07) is 33.3. The lowest BCUT2D eigenvalue weighted by atomic mass is 10.1. The molecule has 7 heterocycles. The summed E-state index contributed by atoms with van der Waals surface area (Å²) in [4.78, 5) is 73.9. The molecule has 4 aliphatic rings. The molecule has 0 unspecified atom stereocenters. The van der Waals surface area contributed by atoms with Gasteiger partial charge in [-0.05, 0) is 185 Å². The van der Waals surface area contributed by atoms with Crippen LogP contribution in [-0.4, -0.2) is 157 Å². The van der Waals surface area contributed by atoms with Gasteiger partial charge in [0.15, 0.2) is 10.2 Å². The molecule has 7 aromatic heterocycles. The molecule has 4 saturated carbocycles. The van der Waals surface area contributed by atoms with Gasteiger partial charge in [0.2, 0.25) is 0 Å². The van der Waals surface area contributed by atoms with Crippen LogP contribution < -0.4 is 43.0 Å². The van der Waals surface area contributed by atoms with E-state index in [4.69, 9.17) is 18.0 Å². The molecule has 4 fully saturated rings. The smallest absolute Gasteiger partial charge is 0.253 e. The number of aliphatic imine (C=N–C) groups is 1. The van der Waals surface area contributed by atoms with Crippen LogP contribution in [0.3, 0.4) is 0 Å². The van der Waals surface area contributed by atoms with Crippen molar-refractivity contribution in [2.45, 2.75) is 125 Å². The van der Waals surface area contributed by atoms with Crippen LogP contribution in [-0.2, 0) is 0 Å². The van der Waals surface area contributed by atoms with Crippen LogP contribution in [0.15, 0.2) is 189 Å². The van der Waals surface area contributed by atoms with Gasteiger partial charge in [-0.15, -0.1) is 0 Å². The normalized spacial score (nSPS) is 19.5. The highest BCUT2D eigenvalue weighted by Gasteiger charge is 2.33. The number of halogens is 1. The van der Waals surface area contributed by atoms with E-state index in [0.29, 0.717) is 50.1 Å². The number of rotatable bonds is 17. The predicted octanol–water partition coefficient (Wildman–Crippen LogP) is 8.84. The number of pyridine rings is 2. The van der Waals surface area contributed by atoms with Gasteiger partial charge in [-0.2, -0.15) is 60.0 Å². The number of amides is 4. The fourth-order valence-electron chi connectivity index (χ4n) is 12.6. The molecule has 0 bridgehead atoms. The molecular weight excluding hydrogens is 1450 g/mol. The second-order valence-corrected chi connectivity index (χ2v) is 26.8. The summed E-state index contributed by atoms with van der Waals surface area (Å²) in [6.07, 6.45) is 31.4. The number of aromatic nitrogens is 15. The number of nitrogens with two attached hydrogens (primary N) is 1. The number of hydrogen-bond acceptors (Lipinski definition) is 21. The minimum Gasteiger partial charge on any atom is -0.358 e. The summed E-state index contributed by atoms with van der Waals surface area (Å²) in [7, 11) is 0. The Kier molecular flexibility index (Phi) is 24.0. The number of fused-ring (bicyclic) bond motifs is 1. The highest BCUT2D eigenvalue weighted by atomic mass is 127. The lowest BCUT2D eigenvalue weighted by Gasteiger charge is -2.24. The van der Waals surface area contributed by atoms with Crippen LogP contribution in [0.2, 0.25) is 0 Å². The maximum absolute atomic E-state index is 13.0. The van der Waals surface area contributed by atoms with Crippen molar-refractivity contribution in [3.63, 3.8) is 0 Å². The average molecular weight is 1520 g/mol. The Labute approximate surface area is 608 Å². The van der Waals surface area contributed by atoms with E-state index in [-0.39, 0.29) is 72.0 Å². The van der Waals surface area contributed by atoms with Crippen molar-refractivity contribution in [2.24, 2.45) is 10.7 Å². The minimum absolute atomic E-state index is 0.00147. The second kappa shape index (κ2) is 34.5. The zero-order valence-corrected chi connectivity index (χ0v) is 59.0. The third-order valence-corrected chi connectivity index (χ3v) is 19.7. The van der Waals surface area contributed by atoms with Crippen molar-refractivity contribution in [3.8, 4) is 22.7 Å². The third kappa shape index (κ3) is 18.1. The van der Waals surface area contributed by atoms with Gasteiger partial charge in [0.25, 0.3) is 23.6 Å². The Hall–Kier alpha value is -10.5. The molecule has 101 heavy (non-hydrogen) atoms. The van der Waals surface area contributed by atoms with Crippen molar-refractivity contribution in [3.05, 3.63) is 209 Å². The van der Waals surface area contributed by atoms with Crippen molar-refractivity contribution in [2.75, 3.05) is 10.6 Å². The van der Waals surface area contributed by atoms with E-state index in [0.717, 1.165) is 102 Å². The number of thiocarbonyl (C=S) groups is 2. The van der Waals surface area contributed by atoms with Crippen LogP contribution in [0.1, 0.15) is 118 Å². The first-order valence-electron chi connectivity index (χ1n) is 33.0. The van der Waals surface area contributed by atoms with Gasteiger partial charge in [0.1, 0.15) is 0 Å². The lowest BCUT2D eigenvalue weighted by molar-refractivity contribution is 0.0925. The lowest BCUT2D eigenvalue weighted by Crippen LogP contribution is -2.49. The Balaban J connectivity index is 0.000000129. The highest BCUT2D eigenvalue weighted by Crippen LogP contribution is 2.31. The first-order chi connectivity index (χ1) is 49.4. The van der Waals surface area contributed by atoms with E-state index < -0.39 is 0 Å². The van der Waals surface area contributed by atoms with Crippen molar-refractivity contribution in [1.82, 2.24) is 102 Å². The molecule has 4 amide bonds. The molecule has 15 rings (SSSR count). The predicted molar refractivity (Wildman–Crippen MR) is 398 cm³/mol. The summed E-state index contributed by atoms with van der Waals surface area (Å²) < 4.78 is 2.04. The molecule has 4 aromatic carbocycles. The van der Waals surface area contributed by atoms with E-state index in [1.165, 1.54) is 19.2 Å². The maximum Gasteiger partial charge on any atom is 0.253 e. The van der Waals surface area contributed by atoms with E-state index in [2.05, 4.69) is 138 Å². The highest BCUT2D eigenvalue weighted by molar-refractivity contribution is 14.1. The van der Waals surface area contributed by atoms with Gasteiger partial charge >= 0.3 is 0 Å². The number of thiazole rings is 1. The quantitative estimate of drug-likeness (QED) is 0.0240. The average Bonchev–Trinajstić information content (AvgIpc) is 1.83. The molecule has 4 aliphatic carbocycles. The Morgan fingerprint density at radius 1 is 0.475 bits per heavy atom. The number of nitrogens with zero attached hydrogens (tertiary/aromatic N) is 16. The Bertz CT molecular complexity index is 4600. The second-order valence-electron chi connectivity index (χ2n) is 24.0. The molecule has 8 atom stereocenters. The van der Waals surface area contributed by atoms with Gasteiger partial charge in [-0.1, -0.05) is 59.9 Å². The molecule has 32 heteroatoms. The third-order valence-electron chi connectivity index (χ3n) is 17.5. The summed E-state index contributed by atoms with van der Waals surface area (Å²) in [5.41, 5.74) is 12.6. The number of hydrogen-bond donors (Lipinski definition) is 8. The van der Waals surface area contributed by atoms with Crippen molar-refractivity contribution >= 4 is 113 Å². The van der Waals surface area contributed by atoms with Gasteiger partial charge in [-0.25, -0.2) is 9.98 Å². The number of isothiocyanates is 1. The first-order valence-corrected chi connectivity index (χ1v) is 35.7. The van der Waals surface area contributed by atoms with Gasteiger partial charge in [0.05, 0.1) is 131 Å². The zero-order chi connectivity index (χ0) is 69.9. The Morgan fingerprint density at radius 2 is 0.861 bits per heavy atom. The molecule has 28 nitrogen and oxygen atoms in total. The number of carbonyl (C=O) groups excluding carboxylic acids is 4. The first kappa shape index (κ1) is 70.4. The molecular formula is C69H71IN24O4S3. The van der Waals surface area contributed by atoms with Crippen LogP contribution in [0, 0.1) is 3.57 Å². The molecule has 11 aromatic rings. The Morgan fingerprint density at radius 3 is 1.32 bits per heavy atom. The number of carbonyl (C=O) groups is 4. The SMILES string of the molecule is N[C@@H]1CCC[C@@H]1NC(=O)c1ccccc1-n1nccn1.O=C(N[C@@H]1CCC[C@@H]1N=C=S)c1ccccc1-n1nccn1.O=C(N[C@@H]1CCC[C@@H]1NC(=S)Nc1ccncc1I)c1ccccc1-n1nccn1.O=C(N[C@@H]1CCC[C@@H]1Nc1nc2ccncc2s1)c1ccccc1-n1nccn1. The minimum atomic E-state index is -0.149. The monoisotopic (exact) mass is 1520 g/mol. The maximum atomic E-state index is 13.0. The van der Waals surface area contributed by atoms with E-state index in [1.807, 2.05) is 91.1 Å². The summed E-state index contributed by atoms with van der Waals surface area (Å²) in [5, 5.41) is 59.2. The van der Waals surface area contributed by atoms with E-state index >= 15 is 0 Å². The van der Waals surface area contributed by atoms with Gasteiger partial charge in [0, 0.05) is 61.0 Å². The molecule has 9 N–H and O–H groups in total. The van der Waals surface area contributed by atoms with Crippen LogP contribution in [0.5, 0.6) is 0 Å². The topological polar surface area (TPSA) is 352 Å². The van der Waals surface area contributed by atoms with E-state index in [1.54, 1.807) is 104 Å². The van der Waals surface area contributed by atoms with Crippen molar-refractivity contribution < 1.29 is 19.2 Å². The summed E-state index contributed by atoms with van der Waals surface area (Å²) in [5.74, 6) is -0.543. The van der Waals surface area contributed by atoms with Gasteiger partial charge < -0.3 is 43.0 Å². The number of para-hydroxylation sites is 4.